The maximum absolute atomic E-state index is 13.1. The van der Waals surface area contributed by atoms with E-state index in [4.69, 9.17) is 9.84 Å². The van der Waals surface area contributed by atoms with Gasteiger partial charge in [0, 0.05) is 19.1 Å². The first-order chi connectivity index (χ1) is 9.19. The number of hydrogen-bond donors (Lipinski definition) is 1. The molecule has 1 aliphatic heterocycles. The van der Waals surface area contributed by atoms with Crippen molar-refractivity contribution < 1.29 is 14.2 Å². The fourth-order valence-electron chi connectivity index (χ4n) is 2.50. The van der Waals surface area contributed by atoms with Gasteiger partial charge in [-0.1, -0.05) is 12.1 Å². The zero-order valence-electron chi connectivity index (χ0n) is 11.4. The molecule has 1 saturated heterocycles. The van der Waals surface area contributed by atoms with E-state index in [1.807, 2.05) is 6.07 Å². The molecule has 106 valence electrons. The van der Waals surface area contributed by atoms with Gasteiger partial charge in [-0.05, 0) is 37.5 Å². The van der Waals surface area contributed by atoms with E-state index in [9.17, 15) is 4.39 Å². The molecule has 0 radical (unpaired) electrons. The Morgan fingerprint density at radius 3 is 3.11 bits per heavy atom. The Morgan fingerprint density at radius 1 is 1.53 bits per heavy atom. The Labute approximate surface area is 114 Å². The number of aryl methyl sites for hydroxylation is 1. The SMILES string of the molecule is CC(CCc1cccc(F)c1)N1CCOC(CO)C1. The standard InChI is InChI=1S/C15H22FNO2/c1-12(17-7-8-19-15(10-17)11-18)5-6-13-3-2-4-14(16)9-13/h2-4,9,12,15,18H,5-8,10-11H2,1H3. The lowest BCUT2D eigenvalue weighted by atomic mass is 10.0. The van der Waals surface area contributed by atoms with E-state index in [0.29, 0.717) is 12.6 Å². The zero-order valence-corrected chi connectivity index (χ0v) is 11.4. The number of aliphatic hydroxyl groups excluding tert-OH is 1. The quantitative estimate of drug-likeness (QED) is 0.883. The van der Waals surface area contributed by atoms with Crippen LogP contribution in [0.3, 0.4) is 0 Å². The van der Waals surface area contributed by atoms with Crippen LogP contribution < -0.4 is 0 Å². The smallest absolute Gasteiger partial charge is 0.123 e. The van der Waals surface area contributed by atoms with Crippen molar-refractivity contribution in [1.82, 2.24) is 4.90 Å². The van der Waals surface area contributed by atoms with Crippen LogP contribution in [0.2, 0.25) is 0 Å². The first-order valence-electron chi connectivity index (χ1n) is 6.90. The van der Waals surface area contributed by atoms with E-state index in [0.717, 1.165) is 31.5 Å². The predicted octanol–water partition coefficient (Wildman–Crippen LogP) is 1.84. The van der Waals surface area contributed by atoms with Gasteiger partial charge in [0.1, 0.15) is 5.82 Å². The molecular formula is C15H22FNO2. The molecule has 1 aromatic rings. The third-order valence-electron chi connectivity index (χ3n) is 3.74. The summed E-state index contributed by atoms with van der Waals surface area (Å²) in [6, 6.07) is 7.21. The molecule has 1 fully saturated rings. The second-order valence-electron chi connectivity index (χ2n) is 5.19. The van der Waals surface area contributed by atoms with Crippen LogP contribution in [-0.4, -0.2) is 48.5 Å². The largest absolute Gasteiger partial charge is 0.394 e. The van der Waals surface area contributed by atoms with Crippen molar-refractivity contribution in [3.8, 4) is 0 Å². The Bertz CT molecular complexity index is 399. The summed E-state index contributed by atoms with van der Waals surface area (Å²) in [6.45, 7) is 4.61. The monoisotopic (exact) mass is 267 g/mol. The third-order valence-corrected chi connectivity index (χ3v) is 3.74. The van der Waals surface area contributed by atoms with Gasteiger partial charge in [-0.15, -0.1) is 0 Å². The van der Waals surface area contributed by atoms with E-state index in [1.54, 1.807) is 12.1 Å². The number of benzene rings is 1. The highest BCUT2D eigenvalue weighted by atomic mass is 19.1. The molecule has 2 unspecified atom stereocenters. The number of nitrogens with zero attached hydrogens (tertiary/aromatic N) is 1. The maximum Gasteiger partial charge on any atom is 0.123 e. The van der Waals surface area contributed by atoms with Crippen LogP contribution in [0.5, 0.6) is 0 Å². The average molecular weight is 267 g/mol. The van der Waals surface area contributed by atoms with Gasteiger partial charge in [0.05, 0.1) is 19.3 Å². The van der Waals surface area contributed by atoms with Gasteiger partial charge in [-0.2, -0.15) is 0 Å². The van der Waals surface area contributed by atoms with Crippen LogP contribution in [0.1, 0.15) is 18.9 Å². The zero-order chi connectivity index (χ0) is 13.7. The lowest BCUT2D eigenvalue weighted by molar-refractivity contribution is -0.0635. The van der Waals surface area contributed by atoms with Crippen LogP contribution in [0.15, 0.2) is 24.3 Å². The molecule has 0 saturated carbocycles. The van der Waals surface area contributed by atoms with E-state index >= 15 is 0 Å². The summed E-state index contributed by atoms with van der Waals surface area (Å²) in [5.74, 6) is -0.170. The van der Waals surface area contributed by atoms with E-state index < -0.39 is 0 Å². The molecular weight excluding hydrogens is 245 g/mol. The van der Waals surface area contributed by atoms with Gasteiger partial charge in [0.25, 0.3) is 0 Å². The number of hydrogen-bond acceptors (Lipinski definition) is 3. The maximum atomic E-state index is 13.1. The Hall–Kier alpha value is -0.970. The molecule has 0 amide bonds. The van der Waals surface area contributed by atoms with Crippen molar-refractivity contribution in [2.75, 3.05) is 26.3 Å². The van der Waals surface area contributed by atoms with Gasteiger partial charge in [-0.3, -0.25) is 4.90 Å². The van der Waals surface area contributed by atoms with E-state index in [1.165, 1.54) is 6.07 Å². The molecule has 1 heterocycles. The minimum Gasteiger partial charge on any atom is -0.394 e. The Morgan fingerprint density at radius 2 is 2.37 bits per heavy atom. The minimum atomic E-state index is -0.170. The highest BCUT2D eigenvalue weighted by Gasteiger charge is 2.23. The van der Waals surface area contributed by atoms with Crippen molar-refractivity contribution in [1.29, 1.82) is 0 Å². The molecule has 0 aromatic heterocycles. The van der Waals surface area contributed by atoms with E-state index in [-0.39, 0.29) is 18.5 Å². The van der Waals surface area contributed by atoms with Gasteiger partial charge < -0.3 is 9.84 Å². The molecule has 2 atom stereocenters. The first-order valence-corrected chi connectivity index (χ1v) is 6.90. The summed E-state index contributed by atoms with van der Waals surface area (Å²) in [4.78, 5) is 2.34. The molecule has 1 aromatic carbocycles. The average Bonchev–Trinajstić information content (AvgIpc) is 2.45. The second kappa shape index (κ2) is 6.98. The third kappa shape index (κ3) is 4.27. The highest BCUT2D eigenvalue weighted by molar-refractivity contribution is 5.16. The Kier molecular flexibility index (Phi) is 5.31. The topological polar surface area (TPSA) is 32.7 Å². The summed E-state index contributed by atoms with van der Waals surface area (Å²) in [7, 11) is 0. The fourth-order valence-corrected chi connectivity index (χ4v) is 2.50. The summed E-state index contributed by atoms with van der Waals surface area (Å²) < 4.78 is 18.5. The normalized spacial score (nSPS) is 22.4. The number of halogens is 1. The highest BCUT2D eigenvalue weighted by Crippen LogP contribution is 2.14. The fraction of sp³-hybridized carbons (Fsp3) is 0.600. The van der Waals surface area contributed by atoms with Crippen LogP contribution in [-0.2, 0) is 11.2 Å². The summed E-state index contributed by atoms with van der Waals surface area (Å²) >= 11 is 0. The first kappa shape index (κ1) is 14.4. The molecule has 4 heteroatoms. The molecule has 19 heavy (non-hydrogen) atoms. The lowest BCUT2D eigenvalue weighted by Crippen LogP contribution is -2.48. The van der Waals surface area contributed by atoms with Gasteiger partial charge >= 0.3 is 0 Å². The van der Waals surface area contributed by atoms with Crippen LogP contribution in [0.4, 0.5) is 4.39 Å². The van der Waals surface area contributed by atoms with Crippen LogP contribution in [0.25, 0.3) is 0 Å². The molecule has 3 nitrogen and oxygen atoms in total. The van der Waals surface area contributed by atoms with Crippen molar-refractivity contribution >= 4 is 0 Å². The predicted molar refractivity (Wildman–Crippen MR) is 72.6 cm³/mol. The molecule has 1 N–H and O–H groups in total. The van der Waals surface area contributed by atoms with Crippen molar-refractivity contribution in [3.63, 3.8) is 0 Å². The summed E-state index contributed by atoms with van der Waals surface area (Å²) in [5.41, 5.74) is 1.04. The minimum absolute atomic E-state index is 0.0645. The van der Waals surface area contributed by atoms with Gasteiger partial charge in [-0.25, -0.2) is 4.39 Å². The molecule has 1 aliphatic rings. The summed E-state index contributed by atoms with van der Waals surface area (Å²) in [5, 5.41) is 9.14. The van der Waals surface area contributed by atoms with Crippen LogP contribution in [0, 0.1) is 5.82 Å². The van der Waals surface area contributed by atoms with Crippen molar-refractivity contribution in [2.45, 2.75) is 31.9 Å². The van der Waals surface area contributed by atoms with E-state index in [2.05, 4.69) is 11.8 Å². The molecule has 0 spiro atoms. The number of ether oxygens (including phenoxy) is 1. The number of morpholine rings is 1. The number of aliphatic hydroxyl groups is 1. The second-order valence-corrected chi connectivity index (χ2v) is 5.19. The molecule has 2 rings (SSSR count). The molecule has 0 aliphatic carbocycles. The van der Waals surface area contributed by atoms with Crippen molar-refractivity contribution in [2.24, 2.45) is 0 Å². The molecule has 0 bridgehead atoms. The van der Waals surface area contributed by atoms with Gasteiger partial charge in [0.2, 0.25) is 0 Å². The number of rotatable bonds is 5. The Balaban J connectivity index is 1.82. The van der Waals surface area contributed by atoms with Gasteiger partial charge in [0.15, 0.2) is 0 Å². The van der Waals surface area contributed by atoms with Crippen LogP contribution >= 0.6 is 0 Å². The van der Waals surface area contributed by atoms with Crippen molar-refractivity contribution in [3.05, 3.63) is 35.6 Å². The summed E-state index contributed by atoms with van der Waals surface area (Å²) in [6.07, 6.45) is 1.80. The lowest BCUT2D eigenvalue weighted by Gasteiger charge is -2.36.